The molecule has 0 unspecified atom stereocenters. The fourth-order valence-corrected chi connectivity index (χ4v) is 1.09. The van der Waals surface area contributed by atoms with E-state index in [1.807, 2.05) is 0 Å². The van der Waals surface area contributed by atoms with Crippen molar-refractivity contribution < 1.29 is 0 Å². The van der Waals surface area contributed by atoms with Crippen LogP contribution in [0.25, 0.3) is 0 Å². The Morgan fingerprint density at radius 1 is 0.700 bits per heavy atom. The normalized spacial score (nSPS) is 27.2. The van der Waals surface area contributed by atoms with E-state index in [1.54, 1.807) is 0 Å². The largest absolute Gasteiger partial charge is 0.0845 e. The molecule has 1 aliphatic carbocycles. The molecule has 0 spiro atoms. The van der Waals surface area contributed by atoms with Crippen molar-refractivity contribution in [2.24, 2.45) is 0 Å². The molecule has 0 fully saturated rings. The van der Waals surface area contributed by atoms with E-state index in [2.05, 4.69) is 30.7 Å². The predicted molar refractivity (Wildman–Crippen MR) is 45.7 cm³/mol. The molecule has 1 rings (SSSR count). The van der Waals surface area contributed by atoms with Crippen molar-refractivity contribution in [2.45, 2.75) is 32.1 Å². The molecule has 0 aromatic rings. The lowest BCUT2D eigenvalue weighted by atomic mass is 10.1. The Hall–Kier alpha value is -0.520. The van der Waals surface area contributed by atoms with Crippen LogP contribution in [-0.2, 0) is 0 Å². The van der Waals surface area contributed by atoms with Gasteiger partial charge >= 0.3 is 0 Å². The van der Waals surface area contributed by atoms with Gasteiger partial charge in [0, 0.05) is 0 Å². The molecular formula is C10H15. The lowest BCUT2D eigenvalue weighted by molar-refractivity contribution is 0.776. The summed E-state index contributed by atoms with van der Waals surface area (Å²) in [5, 5.41) is 0. The number of allylic oxidation sites excluding steroid dienone is 4. The van der Waals surface area contributed by atoms with Crippen LogP contribution in [0.15, 0.2) is 24.3 Å². The van der Waals surface area contributed by atoms with Crippen molar-refractivity contribution in [1.29, 1.82) is 0 Å². The quantitative estimate of drug-likeness (QED) is 0.478. The van der Waals surface area contributed by atoms with Crippen LogP contribution in [0, 0.1) is 6.42 Å². The maximum absolute atomic E-state index is 2.39. The summed E-state index contributed by atoms with van der Waals surface area (Å²) in [4.78, 5) is 0. The van der Waals surface area contributed by atoms with Crippen LogP contribution >= 0.6 is 0 Å². The average molecular weight is 135 g/mol. The van der Waals surface area contributed by atoms with Crippen molar-refractivity contribution in [1.82, 2.24) is 0 Å². The van der Waals surface area contributed by atoms with Crippen molar-refractivity contribution in [3.8, 4) is 0 Å². The first-order chi connectivity index (χ1) is 5.00. The van der Waals surface area contributed by atoms with Crippen molar-refractivity contribution in [2.75, 3.05) is 0 Å². The molecule has 0 atom stereocenters. The second kappa shape index (κ2) is 5.28. The van der Waals surface area contributed by atoms with Gasteiger partial charge in [-0.3, -0.25) is 0 Å². The van der Waals surface area contributed by atoms with Gasteiger partial charge in [0.1, 0.15) is 0 Å². The Balaban J connectivity index is 2.26. The summed E-state index contributed by atoms with van der Waals surface area (Å²) in [6.45, 7) is 0. The molecular weight excluding hydrogens is 120 g/mol. The zero-order chi connectivity index (χ0) is 7.07. The lowest BCUT2D eigenvalue weighted by Gasteiger charge is -1.97. The summed E-state index contributed by atoms with van der Waals surface area (Å²) in [7, 11) is 0. The molecule has 1 radical (unpaired) electrons. The summed E-state index contributed by atoms with van der Waals surface area (Å²) in [6.07, 6.45) is 17.5. The Morgan fingerprint density at radius 3 is 2.40 bits per heavy atom. The standard InChI is InChI=1S/C10H15/c1-2-4-6-8-10-9-7-5-3-1/h1-4,9H,5-8,10H2/b3-1-,4-2-. The third-order valence-corrected chi connectivity index (χ3v) is 1.70. The Kier molecular flexibility index (Phi) is 4.00. The van der Waals surface area contributed by atoms with Gasteiger partial charge in [-0.1, -0.05) is 24.3 Å². The number of hydrogen-bond donors (Lipinski definition) is 0. The predicted octanol–water partition coefficient (Wildman–Crippen LogP) is 3.27. The van der Waals surface area contributed by atoms with E-state index in [0.29, 0.717) is 0 Å². The van der Waals surface area contributed by atoms with Gasteiger partial charge in [-0.15, -0.1) is 0 Å². The topological polar surface area (TPSA) is 0 Å². The van der Waals surface area contributed by atoms with Gasteiger partial charge in [-0.2, -0.15) is 0 Å². The fourth-order valence-electron chi connectivity index (χ4n) is 1.09. The van der Waals surface area contributed by atoms with Gasteiger partial charge in [-0.25, -0.2) is 0 Å². The highest BCUT2D eigenvalue weighted by Crippen LogP contribution is 2.06. The van der Waals surface area contributed by atoms with Gasteiger partial charge < -0.3 is 0 Å². The minimum atomic E-state index is 1.21. The highest BCUT2D eigenvalue weighted by Gasteiger charge is 1.88. The van der Waals surface area contributed by atoms with E-state index < -0.39 is 0 Å². The molecule has 10 heavy (non-hydrogen) atoms. The highest BCUT2D eigenvalue weighted by atomic mass is 13.9. The Bertz CT molecular complexity index is 104. The SMILES string of the molecule is [CH]1CC/C=C\C=C/CCC1. The van der Waals surface area contributed by atoms with E-state index in [-0.39, 0.29) is 0 Å². The Labute approximate surface area is 63.6 Å². The summed E-state index contributed by atoms with van der Waals surface area (Å²) in [6, 6.07) is 0. The summed E-state index contributed by atoms with van der Waals surface area (Å²) in [5.41, 5.74) is 0. The van der Waals surface area contributed by atoms with Crippen molar-refractivity contribution in [3.63, 3.8) is 0 Å². The molecule has 0 heteroatoms. The van der Waals surface area contributed by atoms with Gasteiger partial charge in [-0.05, 0) is 38.5 Å². The molecule has 0 aromatic heterocycles. The van der Waals surface area contributed by atoms with Gasteiger partial charge in [0.15, 0.2) is 0 Å². The molecule has 0 nitrogen and oxygen atoms in total. The molecule has 0 bridgehead atoms. The molecule has 1 aliphatic rings. The number of hydrogen-bond acceptors (Lipinski definition) is 0. The molecule has 0 N–H and O–H groups in total. The van der Waals surface area contributed by atoms with E-state index in [4.69, 9.17) is 0 Å². The highest BCUT2D eigenvalue weighted by molar-refractivity contribution is 5.03. The maximum atomic E-state index is 2.39. The zero-order valence-corrected chi connectivity index (χ0v) is 6.42. The average Bonchev–Trinajstić information content (AvgIpc) is 2.01. The van der Waals surface area contributed by atoms with Crippen molar-refractivity contribution >= 4 is 0 Å². The van der Waals surface area contributed by atoms with Gasteiger partial charge in [0.25, 0.3) is 0 Å². The minimum Gasteiger partial charge on any atom is -0.0845 e. The van der Waals surface area contributed by atoms with Crippen molar-refractivity contribution in [3.05, 3.63) is 30.7 Å². The molecule has 0 saturated heterocycles. The summed E-state index contributed by atoms with van der Waals surface area (Å²) in [5.74, 6) is 0. The molecule has 0 amide bonds. The van der Waals surface area contributed by atoms with Crippen LogP contribution in [0.3, 0.4) is 0 Å². The molecule has 0 aliphatic heterocycles. The summed E-state index contributed by atoms with van der Waals surface area (Å²) < 4.78 is 0. The molecule has 0 aromatic carbocycles. The van der Waals surface area contributed by atoms with Crippen LogP contribution in [0.2, 0.25) is 0 Å². The second-order valence-corrected chi connectivity index (χ2v) is 2.65. The minimum absolute atomic E-state index is 1.21. The number of rotatable bonds is 0. The first-order valence-corrected chi connectivity index (χ1v) is 4.13. The summed E-state index contributed by atoms with van der Waals surface area (Å²) >= 11 is 0. The molecule has 55 valence electrons. The first kappa shape index (κ1) is 7.59. The Morgan fingerprint density at radius 2 is 1.50 bits per heavy atom. The van der Waals surface area contributed by atoms with Crippen LogP contribution in [-0.4, -0.2) is 0 Å². The van der Waals surface area contributed by atoms with Crippen LogP contribution < -0.4 is 0 Å². The van der Waals surface area contributed by atoms with E-state index in [9.17, 15) is 0 Å². The van der Waals surface area contributed by atoms with Gasteiger partial charge in [0.2, 0.25) is 0 Å². The fraction of sp³-hybridized carbons (Fsp3) is 0.500. The zero-order valence-electron chi connectivity index (χ0n) is 6.42. The molecule has 0 saturated carbocycles. The smallest absolute Gasteiger partial charge is 0.0345 e. The maximum Gasteiger partial charge on any atom is -0.0345 e. The third-order valence-electron chi connectivity index (χ3n) is 1.70. The van der Waals surface area contributed by atoms with Crippen LogP contribution in [0.4, 0.5) is 0 Å². The molecule has 0 heterocycles. The van der Waals surface area contributed by atoms with Crippen LogP contribution in [0.5, 0.6) is 0 Å². The second-order valence-electron chi connectivity index (χ2n) is 2.65. The first-order valence-electron chi connectivity index (χ1n) is 4.13. The lowest BCUT2D eigenvalue weighted by Crippen LogP contribution is -1.79. The third kappa shape index (κ3) is 3.49. The van der Waals surface area contributed by atoms with E-state index in [1.165, 1.54) is 32.1 Å². The van der Waals surface area contributed by atoms with E-state index >= 15 is 0 Å². The monoisotopic (exact) mass is 135 g/mol. The van der Waals surface area contributed by atoms with Gasteiger partial charge in [0.05, 0.1) is 0 Å². The van der Waals surface area contributed by atoms with Crippen LogP contribution in [0.1, 0.15) is 32.1 Å². The van der Waals surface area contributed by atoms with E-state index in [0.717, 1.165) is 0 Å².